The summed E-state index contributed by atoms with van der Waals surface area (Å²) in [4.78, 5) is 13.8. The lowest BCUT2D eigenvalue weighted by atomic mass is 10.1. The van der Waals surface area contributed by atoms with Gasteiger partial charge in [-0.05, 0) is 39.8 Å². The lowest BCUT2D eigenvalue weighted by Crippen LogP contribution is -2.61. The Balaban J connectivity index is 2.12. The summed E-state index contributed by atoms with van der Waals surface area (Å²) in [6.45, 7) is 7.93. The number of benzene rings is 1. The molecule has 3 rings (SSSR count). The fourth-order valence-electron chi connectivity index (χ4n) is 2.80. The van der Waals surface area contributed by atoms with Crippen molar-refractivity contribution in [3.8, 4) is 0 Å². The smallest absolute Gasteiger partial charge is 0.213 e. The first kappa shape index (κ1) is 17.1. The van der Waals surface area contributed by atoms with E-state index in [1.54, 1.807) is 0 Å². The SMILES string of the molecule is Cc1cc(C2(N)N=C(c3ccccc3)NC(=NC(C)C)N2)cc(C)n1. The maximum absolute atomic E-state index is 6.66. The van der Waals surface area contributed by atoms with Crippen molar-refractivity contribution in [3.05, 3.63) is 65.0 Å². The number of amidine groups is 1. The Morgan fingerprint density at radius 1 is 1.08 bits per heavy atom. The molecule has 0 bridgehead atoms. The molecule has 2 aromatic rings. The highest BCUT2D eigenvalue weighted by molar-refractivity contribution is 6.10. The molecule has 1 aromatic carbocycles. The van der Waals surface area contributed by atoms with Gasteiger partial charge in [-0.1, -0.05) is 30.3 Å². The number of aliphatic imine (C=N–C) groups is 2. The summed E-state index contributed by atoms with van der Waals surface area (Å²) in [7, 11) is 0. The first-order chi connectivity index (χ1) is 11.9. The van der Waals surface area contributed by atoms with E-state index in [9.17, 15) is 0 Å². The lowest BCUT2D eigenvalue weighted by Gasteiger charge is -2.34. The topological polar surface area (TPSA) is 87.7 Å². The van der Waals surface area contributed by atoms with Gasteiger partial charge >= 0.3 is 0 Å². The van der Waals surface area contributed by atoms with Crippen LogP contribution in [0.5, 0.6) is 0 Å². The largest absolute Gasteiger partial charge is 0.316 e. The number of pyridine rings is 1. The van der Waals surface area contributed by atoms with Gasteiger partial charge in [0.25, 0.3) is 0 Å². The molecule has 2 heterocycles. The van der Waals surface area contributed by atoms with E-state index in [4.69, 9.17) is 10.7 Å². The van der Waals surface area contributed by atoms with E-state index in [1.165, 1.54) is 0 Å². The maximum Gasteiger partial charge on any atom is 0.213 e. The van der Waals surface area contributed by atoms with Crippen LogP contribution in [0.4, 0.5) is 0 Å². The van der Waals surface area contributed by atoms with Crippen molar-refractivity contribution in [2.45, 2.75) is 39.5 Å². The van der Waals surface area contributed by atoms with Crippen LogP contribution in [0.3, 0.4) is 0 Å². The second kappa shape index (κ2) is 6.64. The summed E-state index contributed by atoms with van der Waals surface area (Å²) in [5.74, 6) is 0.189. The average Bonchev–Trinajstić information content (AvgIpc) is 2.53. The van der Waals surface area contributed by atoms with Gasteiger partial charge in [0.15, 0.2) is 5.96 Å². The van der Waals surface area contributed by atoms with Gasteiger partial charge in [-0.15, -0.1) is 0 Å². The molecule has 6 heteroatoms. The fourth-order valence-corrected chi connectivity index (χ4v) is 2.80. The van der Waals surface area contributed by atoms with Crippen LogP contribution in [0.15, 0.2) is 52.4 Å². The van der Waals surface area contributed by atoms with Gasteiger partial charge in [-0.25, -0.2) is 4.99 Å². The van der Waals surface area contributed by atoms with Crippen LogP contribution in [0, 0.1) is 13.8 Å². The molecule has 1 aliphatic heterocycles. The van der Waals surface area contributed by atoms with Crippen LogP contribution in [0.2, 0.25) is 0 Å². The zero-order valence-corrected chi connectivity index (χ0v) is 15.0. The van der Waals surface area contributed by atoms with E-state index in [0.717, 1.165) is 22.5 Å². The average molecular weight is 336 g/mol. The molecule has 0 fully saturated rings. The third-order valence-electron chi connectivity index (χ3n) is 3.79. The first-order valence-corrected chi connectivity index (χ1v) is 8.38. The van der Waals surface area contributed by atoms with Crippen LogP contribution in [-0.4, -0.2) is 22.8 Å². The summed E-state index contributed by atoms with van der Waals surface area (Å²) in [6.07, 6.45) is 0. The molecular formula is C19H24N6. The van der Waals surface area contributed by atoms with Gasteiger partial charge in [0.05, 0.1) is 0 Å². The predicted octanol–water partition coefficient (Wildman–Crippen LogP) is 2.17. The van der Waals surface area contributed by atoms with Crippen molar-refractivity contribution >= 4 is 11.8 Å². The molecule has 130 valence electrons. The second-order valence-corrected chi connectivity index (χ2v) is 6.55. The quantitative estimate of drug-likeness (QED) is 0.801. The number of nitrogens with zero attached hydrogens (tertiary/aromatic N) is 3. The van der Waals surface area contributed by atoms with Crippen molar-refractivity contribution in [3.63, 3.8) is 0 Å². The van der Waals surface area contributed by atoms with Crippen molar-refractivity contribution in [2.75, 3.05) is 0 Å². The van der Waals surface area contributed by atoms with Gasteiger partial charge in [0.2, 0.25) is 5.79 Å². The Labute approximate surface area is 148 Å². The number of nitrogens with two attached hydrogens (primary N) is 1. The first-order valence-electron chi connectivity index (χ1n) is 8.38. The van der Waals surface area contributed by atoms with Crippen LogP contribution in [0.25, 0.3) is 0 Å². The molecule has 1 aromatic heterocycles. The van der Waals surface area contributed by atoms with Crippen molar-refractivity contribution < 1.29 is 0 Å². The summed E-state index contributed by atoms with van der Waals surface area (Å²) in [5.41, 5.74) is 10.3. The molecule has 6 nitrogen and oxygen atoms in total. The summed E-state index contributed by atoms with van der Waals surface area (Å²) in [6, 6.07) is 13.9. The molecule has 0 saturated carbocycles. The van der Waals surface area contributed by atoms with Crippen molar-refractivity contribution in [1.82, 2.24) is 15.6 Å². The Kier molecular flexibility index (Phi) is 4.55. The highest BCUT2D eigenvalue weighted by atomic mass is 15.4. The molecule has 25 heavy (non-hydrogen) atoms. The van der Waals surface area contributed by atoms with E-state index in [-0.39, 0.29) is 6.04 Å². The zero-order chi connectivity index (χ0) is 18.0. The molecule has 0 amide bonds. The number of aromatic nitrogens is 1. The number of aryl methyl sites for hydroxylation is 2. The number of nitrogens with one attached hydrogen (secondary N) is 2. The summed E-state index contributed by atoms with van der Waals surface area (Å²) in [5, 5.41) is 6.48. The standard InChI is InChI=1S/C19H24N6/c1-12(2)21-18-23-17(15-8-6-5-7-9-15)24-19(20,25-18)16-10-13(3)22-14(4)11-16/h5-12H,20H2,1-4H3,(H2,21,23,24,25). The number of hydrogen-bond donors (Lipinski definition) is 3. The van der Waals surface area contributed by atoms with Gasteiger partial charge < -0.3 is 10.6 Å². The monoisotopic (exact) mass is 336 g/mol. The van der Waals surface area contributed by atoms with E-state index in [0.29, 0.717) is 11.8 Å². The molecule has 0 aliphatic carbocycles. The normalized spacial score (nSPS) is 21.7. The Morgan fingerprint density at radius 2 is 1.72 bits per heavy atom. The molecular weight excluding hydrogens is 312 g/mol. The lowest BCUT2D eigenvalue weighted by molar-refractivity contribution is 0.415. The third-order valence-corrected chi connectivity index (χ3v) is 3.79. The highest BCUT2D eigenvalue weighted by Crippen LogP contribution is 2.22. The molecule has 1 aliphatic rings. The van der Waals surface area contributed by atoms with E-state index in [2.05, 4.69) is 20.6 Å². The fraction of sp³-hybridized carbons (Fsp3) is 0.316. The maximum atomic E-state index is 6.66. The van der Waals surface area contributed by atoms with Crippen molar-refractivity contribution in [1.29, 1.82) is 0 Å². The van der Waals surface area contributed by atoms with Crippen LogP contribution in [-0.2, 0) is 5.79 Å². The third kappa shape index (κ3) is 3.85. The van der Waals surface area contributed by atoms with Gasteiger partial charge in [0, 0.05) is 28.6 Å². The molecule has 4 N–H and O–H groups in total. The minimum absolute atomic E-state index is 0.121. The van der Waals surface area contributed by atoms with E-state index in [1.807, 2.05) is 70.2 Å². The number of rotatable bonds is 3. The highest BCUT2D eigenvalue weighted by Gasteiger charge is 2.33. The van der Waals surface area contributed by atoms with E-state index < -0.39 is 5.79 Å². The molecule has 0 radical (unpaired) electrons. The molecule has 0 saturated heterocycles. The Morgan fingerprint density at radius 3 is 2.32 bits per heavy atom. The Hall–Kier alpha value is -2.73. The molecule has 0 spiro atoms. The Bertz CT molecular complexity index is 805. The summed E-state index contributed by atoms with van der Waals surface area (Å²) >= 11 is 0. The van der Waals surface area contributed by atoms with Crippen LogP contribution >= 0.6 is 0 Å². The van der Waals surface area contributed by atoms with Gasteiger partial charge in [0.1, 0.15) is 5.84 Å². The second-order valence-electron chi connectivity index (χ2n) is 6.55. The summed E-state index contributed by atoms with van der Waals surface area (Å²) < 4.78 is 0. The van der Waals surface area contributed by atoms with Gasteiger partial charge in [-0.2, -0.15) is 0 Å². The minimum atomic E-state index is -1.11. The zero-order valence-electron chi connectivity index (χ0n) is 15.0. The number of guanidine groups is 1. The van der Waals surface area contributed by atoms with Crippen LogP contribution < -0.4 is 16.4 Å². The minimum Gasteiger partial charge on any atom is -0.316 e. The van der Waals surface area contributed by atoms with E-state index >= 15 is 0 Å². The van der Waals surface area contributed by atoms with Crippen LogP contribution in [0.1, 0.15) is 36.4 Å². The molecule has 1 unspecified atom stereocenters. The number of hydrogen-bond acceptors (Lipinski definition) is 4. The van der Waals surface area contributed by atoms with Gasteiger partial charge in [-0.3, -0.25) is 15.7 Å². The van der Waals surface area contributed by atoms with Crippen molar-refractivity contribution in [2.24, 2.45) is 15.7 Å². The predicted molar refractivity (Wildman–Crippen MR) is 101 cm³/mol. The molecule has 1 atom stereocenters.